The fraction of sp³-hybridized carbons (Fsp3) is 0.300. The number of carbonyl (C=O) groups is 3. The van der Waals surface area contributed by atoms with Crippen LogP contribution in [0, 0.1) is 21.6 Å². The Balaban J connectivity index is -0.0000000912. The molecule has 0 saturated heterocycles. The summed E-state index contributed by atoms with van der Waals surface area (Å²) in [5, 5.41) is 55.8. The minimum absolute atomic E-state index is 1.14. The first-order chi connectivity index (χ1) is 9.78. The molecule has 8 N–H and O–H groups in total. The zero-order valence-corrected chi connectivity index (χ0v) is 11.3. The maximum Gasteiger partial charge on any atom is 0.336 e. The van der Waals surface area contributed by atoms with E-state index in [1.807, 2.05) is 0 Å². The van der Waals surface area contributed by atoms with Crippen molar-refractivity contribution in [3.63, 3.8) is 0 Å². The van der Waals surface area contributed by atoms with Crippen LogP contribution in [0.25, 0.3) is 0 Å². The van der Waals surface area contributed by atoms with Crippen molar-refractivity contribution in [2.45, 2.75) is 18.4 Å². The molecule has 11 heteroatoms. The lowest BCUT2D eigenvalue weighted by Gasteiger charge is -2.18. The van der Waals surface area contributed by atoms with Gasteiger partial charge in [0, 0.05) is 0 Å². The SMILES string of the molecule is C=N.C=N.C=N.C=N.O=C(O)CC(O)(CC(=O)O)C(=O)O. The topological polar surface area (TPSA) is 228 Å². The van der Waals surface area contributed by atoms with Crippen LogP contribution in [0.15, 0.2) is 0 Å². The molecule has 0 radical (unpaired) electrons. The smallest absolute Gasteiger partial charge is 0.336 e. The third-order valence-corrected chi connectivity index (χ3v) is 1.29. The van der Waals surface area contributed by atoms with Gasteiger partial charge in [-0.2, -0.15) is 0 Å². The van der Waals surface area contributed by atoms with E-state index in [0.717, 1.165) is 0 Å². The maximum atomic E-state index is 10.3. The van der Waals surface area contributed by atoms with E-state index >= 15 is 0 Å². The first-order valence-electron chi connectivity index (χ1n) is 4.59. The standard InChI is InChI=1S/C6H8O7.4CH3N/c7-3(8)1-6(13,5(11)12)2-4(9)10;4*1-2/h13H,1-2H2,(H,7,8)(H,9,10)(H,11,12);4*2H,1H2. The Bertz CT molecular complexity index is 288. The zero-order valence-electron chi connectivity index (χ0n) is 11.3. The molecule has 122 valence electrons. The number of hydrogen-bond donors (Lipinski definition) is 8. The van der Waals surface area contributed by atoms with Gasteiger partial charge in [0.15, 0.2) is 5.60 Å². The van der Waals surface area contributed by atoms with E-state index in [4.69, 9.17) is 42.1 Å². The van der Waals surface area contributed by atoms with Gasteiger partial charge >= 0.3 is 17.9 Å². The molecule has 0 aromatic carbocycles. The van der Waals surface area contributed by atoms with Crippen molar-refractivity contribution < 1.29 is 34.8 Å². The van der Waals surface area contributed by atoms with E-state index in [2.05, 4.69) is 26.9 Å². The fourth-order valence-electron chi connectivity index (χ4n) is 0.714. The molecule has 0 rings (SSSR count). The summed E-state index contributed by atoms with van der Waals surface area (Å²) in [4.78, 5) is 30.5. The Morgan fingerprint density at radius 2 is 0.905 bits per heavy atom. The number of hydrogen-bond acceptors (Lipinski definition) is 8. The predicted octanol–water partition coefficient (Wildman–Crippen LogP) is -0.185. The lowest BCUT2D eigenvalue weighted by Crippen LogP contribution is -2.42. The number of aliphatic hydroxyl groups is 1. The van der Waals surface area contributed by atoms with Crippen LogP contribution in [0.4, 0.5) is 0 Å². The normalized spacial score (nSPS) is 7.48. The van der Waals surface area contributed by atoms with Gasteiger partial charge in [-0.1, -0.05) is 0 Å². The summed E-state index contributed by atoms with van der Waals surface area (Å²) in [6, 6.07) is 0. The van der Waals surface area contributed by atoms with E-state index in [-0.39, 0.29) is 0 Å². The molecule has 0 saturated carbocycles. The van der Waals surface area contributed by atoms with E-state index in [1.54, 1.807) is 0 Å². The molecule has 0 heterocycles. The number of nitrogens with one attached hydrogen (secondary N) is 4. The average Bonchev–Trinajstić information content (AvgIpc) is 2.45. The minimum atomic E-state index is -2.74. The Labute approximate surface area is 120 Å². The number of carboxylic acids is 3. The Morgan fingerprint density at radius 1 is 0.714 bits per heavy atom. The molecule has 0 amide bonds. The van der Waals surface area contributed by atoms with Crippen LogP contribution >= 0.6 is 0 Å². The molecule has 0 aliphatic rings. The van der Waals surface area contributed by atoms with E-state index < -0.39 is 36.4 Å². The molecule has 11 nitrogen and oxygen atoms in total. The Morgan fingerprint density at radius 3 is 1.00 bits per heavy atom. The van der Waals surface area contributed by atoms with Crippen LogP contribution in [0.1, 0.15) is 12.8 Å². The van der Waals surface area contributed by atoms with Crippen molar-refractivity contribution in [1.82, 2.24) is 0 Å². The van der Waals surface area contributed by atoms with Crippen LogP contribution in [-0.2, 0) is 14.4 Å². The molecule has 0 unspecified atom stereocenters. The molecule has 0 aliphatic heterocycles. The second kappa shape index (κ2) is 22.2. The first kappa shape index (κ1) is 30.8. The predicted molar refractivity (Wildman–Crippen MR) is 76.5 cm³/mol. The number of aliphatic carboxylic acids is 3. The second-order valence-corrected chi connectivity index (χ2v) is 2.48. The van der Waals surface area contributed by atoms with Gasteiger partial charge in [-0.15, -0.1) is 0 Å². The summed E-state index contributed by atoms with van der Waals surface area (Å²) >= 11 is 0. The highest BCUT2D eigenvalue weighted by molar-refractivity contribution is 5.88. The molecule has 0 spiro atoms. The molecule has 21 heavy (non-hydrogen) atoms. The lowest BCUT2D eigenvalue weighted by atomic mass is 9.96. The van der Waals surface area contributed by atoms with Gasteiger partial charge in [-0.05, 0) is 26.9 Å². The zero-order chi connectivity index (χ0) is 18.6. The van der Waals surface area contributed by atoms with Crippen molar-refractivity contribution in [1.29, 1.82) is 21.6 Å². The summed E-state index contributed by atoms with van der Waals surface area (Å²) in [5.74, 6) is -5.02. The average molecular weight is 308 g/mol. The van der Waals surface area contributed by atoms with Crippen molar-refractivity contribution in [3.05, 3.63) is 0 Å². The molecule has 0 atom stereocenters. The largest absolute Gasteiger partial charge is 0.481 e. The molecular weight excluding hydrogens is 288 g/mol. The molecule has 0 aromatic heterocycles. The molecule has 0 fully saturated rings. The molecule has 0 aromatic rings. The summed E-state index contributed by atoms with van der Waals surface area (Å²) in [6.45, 7) is 10.0. The van der Waals surface area contributed by atoms with E-state index in [0.29, 0.717) is 0 Å². The van der Waals surface area contributed by atoms with Crippen molar-refractivity contribution in [3.8, 4) is 0 Å². The van der Waals surface area contributed by atoms with Crippen molar-refractivity contribution in [2.75, 3.05) is 0 Å². The Hall–Kier alpha value is -2.95. The van der Waals surface area contributed by atoms with Gasteiger partial charge in [0.1, 0.15) is 0 Å². The monoisotopic (exact) mass is 308 g/mol. The summed E-state index contributed by atoms with van der Waals surface area (Å²) < 4.78 is 0. The third-order valence-electron chi connectivity index (χ3n) is 1.29. The summed E-state index contributed by atoms with van der Waals surface area (Å²) in [6.07, 6.45) is -2.29. The van der Waals surface area contributed by atoms with Crippen LogP contribution in [0.3, 0.4) is 0 Å². The molecular formula is C10H20N4O7. The molecule has 0 bridgehead atoms. The van der Waals surface area contributed by atoms with Crippen LogP contribution in [-0.4, -0.2) is 70.8 Å². The minimum Gasteiger partial charge on any atom is -0.481 e. The lowest BCUT2D eigenvalue weighted by molar-refractivity contribution is -0.170. The molecule has 0 aliphatic carbocycles. The van der Waals surface area contributed by atoms with Crippen molar-refractivity contribution >= 4 is 44.8 Å². The van der Waals surface area contributed by atoms with Gasteiger partial charge < -0.3 is 42.1 Å². The highest BCUT2D eigenvalue weighted by atomic mass is 16.4. The van der Waals surface area contributed by atoms with Gasteiger partial charge in [-0.25, -0.2) is 4.79 Å². The van der Waals surface area contributed by atoms with E-state index in [9.17, 15) is 14.4 Å². The second-order valence-electron chi connectivity index (χ2n) is 2.48. The summed E-state index contributed by atoms with van der Waals surface area (Å²) in [7, 11) is 0. The van der Waals surface area contributed by atoms with E-state index in [1.165, 1.54) is 0 Å². The van der Waals surface area contributed by atoms with Crippen LogP contribution in [0.2, 0.25) is 0 Å². The van der Waals surface area contributed by atoms with Gasteiger partial charge in [-0.3, -0.25) is 9.59 Å². The highest BCUT2D eigenvalue weighted by Crippen LogP contribution is 2.15. The van der Waals surface area contributed by atoms with Gasteiger partial charge in [0.05, 0.1) is 12.8 Å². The fourth-order valence-corrected chi connectivity index (χ4v) is 0.714. The van der Waals surface area contributed by atoms with Gasteiger partial charge in [0.25, 0.3) is 0 Å². The highest BCUT2D eigenvalue weighted by Gasteiger charge is 2.40. The Kier molecular flexibility index (Phi) is 32.6. The summed E-state index contributed by atoms with van der Waals surface area (Å²) in [5.41, 5.74) is -2.74. The number of rotatable bonds is 5. The maximum absolute atomic E-state index is 10.3. The quantitative estimate of drug-likeness (QED) is 0.319. The third kappa shape index (κ3) is 22.7. The van der Waals surface area contributed by atoms with Crippen LogP contribution in [0.5, 0.6) is 0 Å². The van der Waals surface area contributed by atoms with Crippen molar-refractivity contribution in [2.24, 2.45) is 0 Å². The number of carboxylic acid groups (broad SMARTS) is 3. The first-order valence-corrected chi connectivity index (χ1v) is 4.59. The van der Waals surface area contributed by atoms with Crippen LogP contribution < -0.4 is 0 Å². The van der Waals surface area contributed by atoms with Gasteiger partial charge in [0.2, 0.25) is 0 Å².